The molecule has 2 rings (SSSR count). The topological polar surface area (TPSA) is 126 Å². The Labute approximate surface area is 129 Å². The molecule has 2 aromatic rings. The number of rotatable bonds is 4. The Morgan fingerprint density at radius 3 is 2.82 bits per heavy atom. The number of hydrogen-bond donors (Lipinski definition) is 2. The Bertz CT molecular complexity index is 817. The quantitative estimate of drug-likeness (QED) is 0.502. The molecule has 0 unspecified atom stereocenters. The van der Waals surface area contributed by atoms with Gasteiger partial charge in [-0.05, 0) is 19.9 Å². The lowest BCUT2D eigenvalue weighted by molar-refractivity contribution is -0.384. The SMILES string of the molecule is C/C(=N/Nc1nnc(C)c(=O)[nH]1)c1ccc(Cl)c([N+](=O)[O-])c1. The van der Waals surface area contributed by atoms with Crippen molar-refractivity contribution in [3.8, 4) is 0 Å². The molecule has 0 radical (unpaired) electrons. The molecular formula is C12H11ClN6O3. The fourth-order valence-corrected chi connectivity index (χ4v) is 1.71. The van der Waals surface area contributed by atoms with Gasteiger partial charge in [0, 0.05) is 11.6 Å². The molecule has 1 aromatic heterocycles. The minimum atomic E-state index is -0.574. The number of H-pyrrole nitrogens is 1. The van der Waals surface area contributed by atoms with E-state index in [0.29, 0.717) is 11.3 Å². The van der Waals surface area contributed by atoms with Gasteiger partial charge in [-0.2, -0.15) is 5.10 Å². The molecule has 0 aliphatic heterocycles. The number of aromatic nitrogens is 3. The van der Waals surface area contributed by atoms with Crippen molar-refractivity contribution < 1.29 is 4.92 Å². The maximum atomic E-state index is 11.4. The zero-order valence-corrected chi connectivity index (χ0v) is 12.4. The van der Waals surface area contributed by atoms with Crippen molar-refractivity contribution in [1.29, 1.82) is 0 Å². The van der Waals surface area contributed by atoms with Crippen LogP contribution in [-0.4, -0.2) is 25.8 Å². The number of anilines is 1. The molecule has 0 aliphatic carbocycles. The standard InChI is InChI=1S/C12H11ClN6O3/c1-6(8-3-4-9(13)10(5-8)19(21)22)15-17-12-14-11(20)7(2)16-18-12/h3-5H,1-2H3,(H2,14,17,18,20)/b15-6-. The van der Waals surface area contributed by atoms with Crippen LogP contribution < -0.4 is 11.0 Å². The fourth-order valence-electron chi connectivity index (χ4n) is 1.52. The van der Waals surface area contributed by atoms with E-state index in [1.807, 2.05) is 0 Å². The highest BCUT2D eigenvalue weighted by atomic mass is 35.5. The van der Waals surface area contributed by atoms with Gasteiger partial charge in [-0.1, -0.05) is 17.7 Å². The Hall–Kier alpha value is -2.81. The van der Waals surface area contributed by atoms with Crippen LogP contribution in [-0.2, 0) is 0 Å². The molecular weight excluding hydrogens is 312 g/mol. The van der Waals surface area contributed by atoms with E-state index in [9.17, 15) is 14.9 Å². The highest BCUT2D eigenvalue weighted by Crippen LogP contribution is 2.25. The number of nitrogens with zero attached hydrogens (tertiary/aromatic N) is 4. The molecule has 1 heterocycles. The van der Waals surface area contributed by atoms with Crippen molar-refractivity contribution in [1.82, 2.24) is 15.2 Å². The van der Waals surface area contributed by atoms with Crippen LogP contribution >= 0.6 is 11.6 Å². The first-order valence-corrected chi connectivity index (χ1v) is 6.44. The second-order valence-electron chi connectivity index (χ2n) is 4.32. The van der Waals surface area contributed by atoms with Gasteiger partial charge in [-0.25, -0.2) is 5.43 Å². The summed E-state index contributed by atoms with van der Waals surface area (Å²) in [5.74, 6) is 0.0680. The average Bonchev–Trinajstić information content (AvgIpc) is 2.48. The number of hydrazone groups is 1. The van der Waals surface area contributed by atoms with Crippen molar-refractivity contribution in [2.45, 2.75) is 13.8 Å². The zero-order chi connectivity index (χ0) is 16.3. The zero-order valence-electron chi connectivity index (χ0n) is 11.6. The fraction of sp³-hybridized carbons (Fsp3) is 0.167. The summed E-state index contributed by atoms with van der Waals surface area (Å²) in [4.78, 5) is 24.1. The predicted octanol–water partition coefficient (Wildman–Crippen LogP) is 1.87. The van der Waals surface area contributed by atoms with E-state index in [0.717, 1.165) is 0 Å². The molecule has 0 spiro atoms. The summed E-state index contributed by atoms with van der Waals surface area (Å²) in [7, 11) is 0. The molecule has 0 fully saturated rings. The van der Waals surface area contributed by atoms with Gasteiger partial charge in [0.15, 0.2) is 0 Å². The van der Waals surface area contributed by atoms with E-state index < -0.39 is 4.92 Å². The van der Waals surface area contributed by atoms with Crippen LogP contribution in [0, 0.1) is 17.0 Å². The van der Waals surface area contributed by atoms with Crippen LogP contribution in [0.25, 0.3) is 0 Å². The molecule has 10 heteroatoms. The van der Waals surface area contributed by atoms with Crippen molar-refractivity contribution in [3.05, 3.63) is 54.9 Å². The number of benzene rings is 1. The van der Waals surface area contributed by atoms with Crippen molar-refractivity contribution in [3.63, 3.8) is 0 Å². The van der Waals surface area contributed by atoms with Gasteiger partial charge in [-0.3, -0.25) is 19.9 Å². The third kappa shape index (κ3) is 3.44. The summed E-state index contributed by atoms with van der Waals surface area (Å²) < 4.78 is 0. The van der Waals surface area contributed by atoms with Gasteiger partial charge in [0.2, 0.25) is 5.95 Å². The van der Waals surface area contributed by atoms with Crippen LogP contribution in [0.2, 0.25) is 5.02 Å². The summed E-state index contributed by atoms with van der Waals surface area (Å²) in [6.45, 7) is 3.16. The molecule has 1 aromatic carbocycles. The Kier molecular flexibility index (Phi) is 4.47. The maximum absolute atomic E-state index is 11.4. The number of nitro benzene ring substituents is 1. The molecule has 0 bridgehead atoms. The van der Waals surface area contributed by atoms with Crippen molar-refractivity contribution in [2.75, 3.05) is 5.43 Å². The second kappa shape index (κ2) is 6.31. The van der Waals surface area contributed by atoms with Crippen LogP contribution in [0.4, 0.5) is 11.6 Å². The molecule has 9 nitrogen and oxygen atoms in total. The normalized spacial score (nSPS) is 11.3. The minimum Gasteiger partial charge on any atom is -0.288 e. The third-order valence-electron chi connectivity index (χ3n) is 2.75. The lowest BCUT2D eigenvalue weighted by Gasteiger charge is -2.03. The van der Waals surface area contributed by atoms with E-state index in [-0.39, 0.29) is 27.9 Å². The molecule has 0 saturated carbocycles. The van der Waals surface area contributed by atoms with Crippen LogP contribution in [0.15, 0.2) is 28.1 Å². The van der Waals surface area contributed by atoms with Gasteiger partial charge < -0.3 is 0 Å². The maximum Gasteiger partial charge on any atom is 0.288 e. The van der Waals surface area contributed by atoms with Gasteiger partial charge in [0.05, 0.1) is 10.6 Å². The minimum absolute atomic E-state index is 0.0447. The summed E-state index contributed by atoms with van der Waals surface area (Å²) in [5, 5.41) is 22.2. The lowest BCUT2D eigenvalue weighted by atomic mass is 10.1. The molecule has 0 aliphatic rings. The van der Waals surface area contributed by atoms with E-state index in [1.165, 1.54) is 19.1 Å². The number of halogens is 1. The smallest absolute Gasteiger partial charge is 0.288 e. The van der Waals surface area contributed by atoms with Crippen LogP contribution in [0.3, 0.4) is 0 Å². The van der Waals surface area contributed by atoms with Crippen molar-refractivity contribution >= 4 is 28.9 Å². The summed E-state index contributed by atoms with van der Waals surface area (Å²) in [6, 6.07) is 4.33. The van der Waals surface area contributed by atoms with Crippen molar-refractivity contribution in [2.24, 2.45) is 5.10 Å². The monoisotopic (exact) mass is 322 g/mol. The number of nitrogens with one attached hydrogen (secondary N) is 2. The van der Waals surface area contributed by atoms with Gasteiger partial charge in [-0.15, -0.1) is 10.2 Å². The predicted molar refractivity (Wildman–Crippen MR) is 81.3 cm³/mol. The van der Waals surface area contributed by atoms with Gasteiger partial charge in [0.25, 0.3) is 11.2 Å². The Morgan fingerprint density at radius 2 is 2.18 bits per heavy atom. The molecule has 22 heavy (non-hydrogen) atoms. The first-order valence-electron chi connectivity index (χ1n) is 6.06. The number of nitro groups is 1. The highest BCUT2D eigenvalue weighted by Gasteiger charge is 2.13. The average molecular weight is 323 g/mol. The van der Waals surface area contributed by atoms with E-state index in [4.69, 9.17) is 11.6 Å². The molecule has 2 N–H and O–H groups in total. The lowest BCUT2D eigenvalue weighted by Crippen LogP contribution is -2.16. The second-order valence-corrected chi connectivity index (χ2v) is 4.73. The Balaban J connectivity index is 2.25. The van der Waals surface area contributed by atoms with E-state index in [2.05, 4.69) is 25.7 Å². The molecule has 0 saturated heterocycles. The number of aromatic amines is 1. The summed E-state index contributed by atoms with van der Waals surface area (Å²) in [5.41, 5.74) is 3.13. The first kappa shape index (κ1) is 15.6. The molecule has 114 valence electrons. The first-order chi connectivity index (χ1) is 10.4. The highest BCUT2D eigenvalue weighted by molar-refractivity contribution is 6.32. The molecule has 0 amide bonds. The van der Waals surface area contributed by atoms with E-state index in [1.54, 1.807) is 13.0 Å². The molecule has 0 atom stereocenters. The number of hydrogen-bond acceptors (Lipinski definition) is 7. The van der Waals surface area contributed by atoms with Gasteiger partial charge >= 0.3 is 0 Å². The van der Waals surface area contributed by atoms with E-state index >= 15 is 0 Å². The summed E-state index contributed by atoms with van der Waals surface area (Å²) >= 11 is 5.75. The largest absolute Gasteiger partial charge is 0.288 e. The van der Waals surface area contributed by atoms with Crippen LogP contribution in [0.1, 0.15) is 18.2 Å². The summed E-state index contributed by atoms with van der Waals surface area (Å²) in [6.07, 6.45) is 0. The van der Waals surface area contributed by atoms with Crippen LogP contribution in [0.5, 0.6) is 0 Å². The third-order valence-corrected chi connectivity index (χ3v) is 3.07. The Morgan fingerprint density at radius 1 is 1.45 bits per heavy atom. The number of aryl methyl sites for hydroxylation is 1. The van der Waals surface area contributed by atoms with Gasteiger partial charge in [0.1, 0.15) is 10.7 Å².